The first-order chi connectivity index (χ1) is 9.93. The van der Waals surface area contributed by atoms with Crippen LogP contribution in [0, 0.1) is 0 Å². The van der Waals surface area contributed by atoms with Crippen LogP contribution in [-0.4, -0.2) is 24.3 Å². The van der Waals surface area contributed by atoms with E-state index in [0.717, 1.165) is 5.56 Å². The maximum absolute atomic E-state index is 12.6. The van der Waals surface area contributed by atoms with Crippen molar-refractivity contribution in [3.63, 3.8) is 0 Å². The fraction of sp³-hybridized carbons (Fsp3) is 0.214. The summed E-state index contributed by atoms with van der Waals surface area (Å²) < 4.78 is 27.3. The number of halogens is 2. The molecule has 112 valence electrons. The fourth-order valence-corrected chi connectivity index (χ4v) is 4.04. The second-order valence-corrected chi connectivity index (χ2v) is 7.69. The topological polar surface area (TPSA) is 50.3 Å². The van der Waals surface area contributed by atoms with Gasteiger partial charge in [0.1, 0.15) is 4.90 Å². The minimum atomic E-state index is -3.59. The highest BCUT2D eigenvalue weighted by Crippen LogP contribution is 2.21. The van der Waals surface area contributed by atoms with Crippen LogP contribution in [0.5, 0.6) is 0 Å². The van der Waals surface area contributed by atoms with E-state index in [1.165, 1.54) is 10.5 Å². The first kappa shape index (κ1) is 16.4. The Kier molecular flexibility index (Phi) is 5.37. The van der Waals surface area contributed by atoms with Gasteiger partial charge in [-0.2, -0.15) is 4.31 Å². The van der Waals surface area contributed by atoms with E-state index in [4.69, 9.17) is 11.6 Å². The van der Waals surface area contributed by atoms with Crippen molar-refractivity contribution in [1.82, 2.24) is 9.29 Å². The molecule has 2 rings (SSSR count). The molecular weight excluding hydrogens is 376 g/mol. The predicted octanol–water partition coefficient (Wildman–Crippen LogP) is 3.71. The molecule has 21 heavy (non-hydrogen) atoms. The van der Waals surface area contributed by atoms with Gasteiger partial charge in [0.2, 0.25) is 10.0 Å². The average molecular weight is 390 g/mol. The summed E-state index contributed by atoms with van der Waals surface area (Å²) in [7, 11) is -3.59. The van der Waals surface area contributed by atoms with Gasteiger partial charge in [0.15, 0.2) is 0 Å². The molecule has 0 spiro atoms. The summed E-state index contributed by atoms with van der Waals surface area (Å²) in [4.78, 5) is 4.08. The Labute approximate surface area is 137 Å². The molecule has 4 nitrogen and oxygen atoms in total. The van der Waals surface area contributed by atoms with Crippen molar-refractivity contribution in [2.75, 3.05) is 6.54 Å². The van der Waals surface area contributed by atoms with Crippen LogP contribution in [0.1, 0.15) is 12.5 Å². The zero-order valence-electron chi connectivity index (χ0n) is 11.3. The Bertz CT molecular complexity index is 737. The van der Waals surface area contributed by atoms with Crippen LogP contribution in [0.25, 0.3) is 0 Å². The molecule has 1 aromatic heterocycles. The van der Waals surface area contributed by atoms with Gasteiger partial charge in [-0.05, 0) is 39.7 Å². The van der Waals surface area contributed by atoms with Gasteiger partial charge in [0.25, 0.3) is 0 Å². The lowest BCUT2D eigenvalue weighted by molar-refractivity contribution is 0.423. The third-order valence-electron chi connectivity index (χ3n) is 2.92. The second-order valence-electron chi connectivity index (χ2n) is 4.40. The van der Waals surface area contributed by atoms with Gasteiger partial charge in [-0.25, -0.2) is 8.42 Å². The van der Waals surface area contributed by atoms with E-state index in [9.17, 15) is 8.42 Å². The first-order valence-electron chi connectivity index (χ1n) is 6.28. The summed E-state index contributed by atoms with van der Waals surface area (Å²) in [5.74, 6) is 0. The standard InChI is InChI=1S/C14H14BrClN2O2S/c1-2-18(10-11-4-3-5-13(16)6-11)21(19,20)14-7-12(15)8-17-9-14/h3-9H,2,10H2,1H3. The quantitative estimate of drug-likeness (QED) is 0.783. The number of aromatic nitrogens is 1. The van der Waals surface area contributed by atoms with Crippen LogP contribution >= 0.6 is 27.5 Å². The molecule has 0 saturated heterocycles. The molecule has 0 aliphatic rings. The van der Waals surface area contributed by atoms with E-state index in [-0.39, 0.29) is 11.4 Å². The van der Waals surface area contributed by atoms with E-state index < -0.39 is 10.0 Å². The van der Waals surface area contributed by atoms with Gasteiger partial charge >= 0.3 is 0 Å². The number of benzene rings is 1. The third-order valence-corrected chi connectivity index (χ3v) is 5.47. The van der Waals surface area contributed by atoms with Gasteiger partial charge in [-0.15, -0.1) is 0 Å². The van der Waals surface area contributed by atoms with Crippen molar-refractivity contribution in [2.45, 2.75) is 18.4 Å². The van der Waals surface area contributed by atoms with Crippen LogP contribution < -0.4 is 0 Å². The lowest BCUT2D eigenvalue weighted by atomic mass is 10.2. The summed E-state index contributed by atoms with van der Waals surface area (Å²) in [6.07, 6.45) is 2.90. The lowest BCUT2D eigenvalue weighted by Gasteiger charge is -2.20. The van der Waals surface area contributed by atoms with Gasteiger partial charge < -0.3 is 0 Å². The largest absolute Gasteiger partial charge is 0.262 e. The molecule has 0 atom stereocenters. The number of pyridine rings is 1. The molecular formula is C14H14BrClN2O2S. The van der Waals surface area contributed by atoms with Crippen LogP contribution in [0.2, 0.25) is 5.02 Å². The van der Waals surface area contributed by atoms with E-state index in [1.807, 2.05) is 6.07 Å². The molecule has 2 aromatic rings. The summed E-state index contributed by atoms with van der Waals surface area (Å²) in [6, 6.07) is 8.72. The number of hydrogen-bond acceptors (Lipinski definition) is 3. The minimum absolute atomic E-state index is 0.167. The minimum Gasteiger partial charge on any atom is -0.262 e. The molecule has 0 saturated carbocycles. The maximum atomic E-state index is 12.6. The number of sulfonamides is 1. The van der Waals surface area contributed by atoms with Crippen LogP contribution in [0.3, 0.4) is 0 Å². The summed E-state index contributed by atoms with van der Waals surface area (Å²) in [5.41, 5.74) is 0.843. The molecule has 0 aliphatic carbocycles. The molecule has 0 unspecified atom stereocenters. The molecule has 0 bridgehead atoms. The van der Waals surface area contributed by atoms with Crippen molar-refractivity contribution in [2.24, 2.45) is 0 Å². The van der Waals surface area contributed by atoms with E-state index in [1.54, 1.807) is 37.4 Å². The molecule has 0 radical (unpaired) electrons. The normalized spacial score (nSPS) is 11.8. The molecule has 1 heterocycles. The van der Waals surface area contributed by atoms with Crippen molar-refractivity contribution in [3.05, 3.63) is 57.8 Å². The molecule has 0 N–H and O–H groups in total. The zero-order chi connectivity index (χ0) is 15.5. The molecule has 0 fully saturated rings. The lowest BCUT2D eigenvalue weighted by Crippen LogP contribution is -2.30. The van der Waals surface area contributed by atoms with Gasteiger partial charge in [-0.3, -0.25) is 4.98 Å². The van der Waals surface area contributed by atoms with Crippen molar-refractivity contribution in [1.29, 1.82) is 0 Å². The second kappa shape index (κ2) is 6.87. The van der Waals surface area contributed by atoms with Crippen LogP contribution in [0.15, 0.2) is 52.1 Å². The van der Waals surface area contributed by atoms with Crippen molar-refractivity contribution < 1.29 is 8.42 Å². The maximum Gasteiger partial charge on any atom is 0.244 e. The van der Waals surface area contributed by atoms with E-state index >= 15 is 0 Å². The van der Waals surface area contributed by atoms with E-state index in [2.05, 4.69) is 20.9 Å². The predicted molar refractivity (Wildman–Crippen MR) is 86.7 cm³/mol. The van der Waals surface area contributed by atoms with Crippen LogP contribution in [0.4, 0.5) is 0 Å². The molecule has 1 aromatic carbocycles. The highest BCUT2D eigenvalue weighted by molar-refractivity contribution is 9.10. The Balaban J connectivity index is 2.32. The van der Waals surface area contributed by atoms with Crippen LogP contribution in [-0.2, 0) is 16.6 Å². The Morgan fingerprint density at radius 3 is 2.67 bits per heavy atom. The zero-order valence-corrected chi connectivity index (χ0v) is 14.5. The highest BCUT2D eigenvalue weighted by Gasteiger charge is 2.23. The fourth-order valence-electron chi connectivity index (χ4n) is 1.89. The van der Waals surface area contributed by atoms with Gasteiger partial charge in [0, 0.05) is 35.0 Å². The van der Waals surface area contributed by atoms with E-state index in [0.29, 0.717) is 16.0 Å². The smallest absolute Gasteiger partial charge is 0.244 e. The van der Waals surface area contributed by atoms with Gasteiger partial charge in [-0.1, -0.05) is 30.7 Å². The average Bonchev–Trinajstić information content (AvgIpc) is 2.44. The number of rotatable bonds is 5. The summed E-state index contributed by atoms with van der Waals surface area (Å²) >= 11 is 9.18. The summed E-state index contributed by atoms with van der Waals surface area (Å²) in [5, 5.41) is 0.588. The van der Waals surface area contributed by atoms with Crippen molar-refractivity contribution >= 4 is 37.6 Å². The number of nitrogens with zero attached hydrogens (tertiary/aromatic N) is 2. The Hall–Kier alpha value is -0.950. The summed E-state index contributed by atoms with van der Waals surface area (Å²) in [6.45, 7) is 2.43. The monoisotopic (exact) mass is 388 g/mol. The molecule has 7 heteroatoms. The third kappa shape index (κ3) is 4.03. The highest BCUT2D eigenvalue weighted by atomic mass is 79.9. The first-order valence-corrected chi connectivity index (χ1v) is 8.89. The Morgan fingerprint density at radius 2 is 2.05 bits per heavy atom. The SMILES string of the molecule is CCN(Cc1cccc(Cl)c1)S(=O)(=O)c1cncc(Br)c1. The number of hydrogen-bond donors (Lipinski definition) is 0. The Morgan fingerprint density at radius 1 is 1.29 bits per heavy atom. The molecule has 0 aliphatic heterocycles. The molecule has 0 amide bonds. The van der Waals surface area contributed by atoms with Gasteiger partial charge in [0.05, 0.1) is 0 Å². The van der Waals surface area contributed by atoms with Crippen molar-refractivity contribution in [3.8, 4) is 0 Å².